The molecule has 0 saturated carbocycles. The van der Waals surface area contributed by atoms with Crippen LogP contribution < -0.4 is 15.9 Å². The van der Waals surface area contributed by atoms with E-state index in [1.165, 1.54) is 36.4 Å². The van der Waals surface area contributed by atoms with Crippen molar-refractivity contribution in [1.82, 2.24) is 0 Å². The third kappa shape index (κ3) is 3.01. The number of phenols is 3. The number of phenolic OH excluding ortho intramolecular Hbond substituents is 3. The number of benzene rings is 3. The molecule has 0 spiro atoms. The predicted molar refractivity (Wildman–Crippen MR) is 90.0 cm³/mol. The van der Waals surface area contributed by atoms with Crippen molar-refractivity contribution in [2.24, 2.45) is 0 Å². The summed E-state index contributed by atoms with van der Waals surface area (Å²) in [6.07, 6.45) is 0. The Morgan fingerprint density at radius 3 is 1.04 bits per heavy atom. The quantitative estimate of drug-likeness (QED) is 0.627. The summed E-state index contributed by atoms with van der Waals surface area (Å²) in [6, 6.07) is 10.3. The van der Waals surface area contributed by atoms with E-state index in [1.54, 1.807) is 0 Å². The van der Waals surface area contributed by atoms with Gasteiger partial charge in [-0.3, -0.25) is 0 Å². The zero-order valence-electron chi connectivity index (χ0n) is 12.6. The zero-order valence-corrected chi connectivity index (χ0v) is 13.5. The number of halogens is 3. The molecule has 7 heteroatoms. The van der Waals surface area contributed by atoms with Gasteiger partial charge >= 0.3 is 0 Å². The molecule has 0 saturated heterocycles. The smallest absolute Gasteiger partial charge is 0.135 e. The molecule has 0 aliphatic rings. The van der Waals surface area contributed by atoms with E-state index in [2.05, 4.69) is 0 Å². The molecule has 25 heavy (non-hydrogen) atoms. The summed E-state index contributed by atoms with van der Waals surface area (Å²) in [7, 11) is -2.45. The third-order valence-corrected chi connectivity index (χ3v) is 6.24. The average molecular weight is 364 g/mol. The highest BCUT2D eigenvalue weighted by molar-refractivity contribution is 7.80. The van der Waals surface area contributed by atoms with Crippen molar-refractivity contribution in [1.29, 1.82) is 0 Å². The Balaban J connectivity index is 2.42. The Bertz CT molecular complexity index is 764. The van der Waals surface area contributed by atoms with E-state index in [1.807, 2.05) is 0 Å². The first-order valence-electron chi connectivity index (χ1n) is 7.14. The lowest BCUT2D eigenvalue weighted by atomic mass is 10.3. The molecule has 3 aromatic rings. The second kappa shape index (κ2) is 6.65. The Hall–Kier alpha value is -2.72. The zero-order chi connectivity index (χ0) is 18.1. The summed E-state index contributed by atoms with van der Waals surface area (Å²) in [4.78, 5) is 0. The molecule has 3 aromatic carbocycles. The highest BCUT2D eigenvalue weighted by Gasteiger charge is 2.32. The van der Waals surface area contributed by atoms with Crippen LogP contribution in [-0.4, -0.2) is 15.3 Å². The standard InChI is InChI=1S/C18H12F3O3P/c19-10-4-1-7-13(22)16(10)25(17-11(20)5-2-8-14(17)23)18-12(21)6-3-9-15(18)24/h1-9,22-24H. The molecule has 0 bridgehead atoms. The maximum atomic E-state index is 14.4. The molecule has 0 heterocycles. The molecule has 0 radical (unpaired) electrons. The normalized spacial score (nSPS) is 11.0. The molecule has 128 valence electrons. The topological polar surface area (TPSA) is 60.7 Å². The van der Waals surface area contributed by atoms with Gasteiger partial charge in [-0.05, 0) is 36.4 Å². The molecule has 3 rings (SSSR count). The molecule has 3 nitrogen and oxygen atoms in total. The molecule has 0 unspecified atom stereocenters. The number of hydrogen-bond donors (Lipinski definition) is 3. The van der Waals surface area contributed by atoms with Gasteiger partial charge in [0.15, 0.2) is 0 Å². The first kappa shape index (κ1) is 17.1. The fraction of sp³-hybridized carbons (Fsp3) is 0. The van der Waals surface area contributed by atoms with Gasteiger partial charge in [-0.15, -0.1) is 0 Å². The van der Waals surface area contributed by atoms with Crippen molar-refractivity contribution in [3.05, 3.63) is 72.0 Å². The molecule has 0 amide bonds. The van der Waals surface area contributed by atoms with E-state index in [9.17, 15) is 28.5 Å². The van der Waals surface area contributed by atoms with Gasteiger partial charge in [0.05, 0.1) is 15.9 Å². The second-order valence-electron chi connectivity index (χ2n) is 5.16. The van der Waals surface area contributed by atoms with E-state index in [4.69, 9.17) is 0 Å². The van der Waals surface area contributed by atoms with Gasteiger partial charge in [-0.25, -0.2) is 13.2 Å². The lowest BCUT2D eigenvalue weighted by Crippen LogP contribution is -2.27. The van der Waals surface area contributed by atoms with Gasteiger partial charge in [0.2, 0.25) is 0 Å². The second-order valence-corrected chi connectivity index (χ2v) is 7.17. The van der Waals surface area contributed by atoms with Crippen LogP contribution in [0.1, 0.15) is 0 Å². The van der Waals surface area contributed by atoms with Gasteiger partial charge in [-0.2, -0.15) is 0 Å². The highest BCUT2D eigenvalue weighted by Crippen LogP contribution is 2.43. The SMILES string of the molecule is Oc1cccc(F)c1P(c1c(O)cccc1F)c1c(O)cccc1F. The van der Waals surface area contributed by atoms with Crippen LogP contribution in [0.25, 0.3) is 0 Å². The van der Waals surface area contributed by atoms with Gasteiger partial charge in [0.1, 0.15) is 34.7 Å². The molecule has 0 aliphatic heterocycles. The monoisotopic (exact) mass is 364 g/mol. The van der Waals surface area contributed by atoms with Crippen LogP contribution in [0.5, 0.6) is 17.2 Å². The summed E-state index contributed by atoms with van der Waals surface area (Å²) >= 11 is 0. The van der Waals surface area contributed by atoms with Gasteiger partial charge in [0, 0.05) is 7.92 Å². The predicted octanol–water partition coefficient (Wildman–Crippen LogP) is 2.98. The summed E-state index contributed by atoms with van der Waals surface area (Å²) < 4.78 is 43.3. The number of hydrogen-bond acceptors (Lipinski definition) is 3. The Morgan fingerprint density at radius 2 is 0.800 bits per heavy atom. The van der Waals surface area contributed by atoms with Crippen molar-refractivity contribution in [2.75, 3.05) is 0 Å². The third-order valence-electron chi connectivity index (χ3n) is 3.57. The average Bonchev–Trinajstić information content (AvgIpc) is 2.53. The molecule has 0 atom stereocenters. The van der Waals surface area contributed by atoms with E-state index >= 15 is 0 Å². The van der Waals surface area contributed by atoms with Crippen molar-refractivity contribution >= 4 is 23.8 Å². The van der Waals surface area contributed by atoms with Crippen LogP contribution in [0, 0.1) is 17.5 Å². The van der Waals surface area contributed by atoms with Gasteiger partial charge < -0.3 is 15.3 Å². The minimum Gasteiger partial charge on any atom is -0.507 e. The van der Waals surface area contributed by atoms with Crippen molar-refractivity contribution < 1.29 is 28.5 Å². The molecule has 0 aliphatic carbocycles. The molecule has 0 fully saturated rings. The van der Waals surface area contributed by atoms with E-state index in [0.29, 0.717) is 0 Å². The Kier molecular flexibility index (Phi) is 4.55. The lowest BCUT2D eigenvalue weighted by Gasteiger charge is -2.23. The highest BCUT2D eigenvalue weighted by atomic mass is 31.1. The molecular weight excluding hydrogens is 352 g/mol. The van der Waals surface area contributed by atoms with Crippen LogP contribution in [0.2, 0.25) is 0 Å². The summed E-state index contributed by atoms with van der Waals surface area (Å²) in [5.74, 6) is -4.31. The first-order valence-corrected chi connectivity index (χ1v) is 8.48. The molecular formula is C18H12F3O3P. The van der Waals surface area contributed by atoms with E-state index in [0.717, 1.165) is 18.2 Å². The van der Waals surface area contributed by atoms with Crippen LogP contribution in [0.15, 0.2) is 54.6 Å². The van der Waals surface area contributed by atoms with E-state index in [-0.39, 0.29) is 0 Å². The maximum absolute atomic E-state index is 14.4. The largest absolute Gasteiger partial charge is 0.507 e. The van der Waals surface area contributed by atoms with Crippen molar-refractivity contribution in [3.8, 4) is 17.2 Å². The van der Waals surface area contributed by atoms with E-state index < -0.39 is 58.5 Å². The Morgan fingerprint density at radius 1 is 0.520 bits per heavy atom. The molecule has 0 aromatic heterocycles. The van der Waals surface area contributed by atoms with Crippen molar-refractivity contribution in [3.63, 3.8) is 0 Å². The van der Waals surface area contributed by atoms with Crippen LogP contribution in [0.3, 0.4) is 0 Å². The maximum Gasteiger partial charge on any atom is 0.135 e. The summed E-state index contributed by atoms with van der Waals surface area (Å²) in [5.41, 5.74) is 0. The number of aromatic hydroxyl groups is 3. The summed E-state index contributed by atoms with van der Waals surface area (Å²) in [6.45, 7) is 0. The van der Waals surface area contributed by atoms with Crippen LogP contribution in [-0.2, 0) is 0 Å². The Labute approximate surface area is 142 Å². The fourth-order valence-corrected chi connectivity index (χ4v) is 4.96. The van der Waals surface area contributed by atoms with Crippen LogP contribution >= 0.6 is 7.92 Å². The number of rotatable bonds is 3. The lowest BCUT2D eigenvalue weighted by molar-refractivity contribution is 0.473. The van der Waals surface area contributed by atoms with Crippen LogP contribution in [0.4, 0.5) is 13.2 Å². The first-order chi connectivity index (χ1) is 11.9. The minimum absolute atomic E-state index is 0.390. The summed E-state index contributed by atoms with van der Waals surface area (Å²) in [5, 5.41) is 29.2. The molecule has 3 N–H and O–H groups in total. The minimum atomic E-state index is -2.45. The van der Waals surface area contributed by atoms with Gasteiger partial charge in [-0.1, -0.05) is 18.2 Å². The van der Waals surface area contributed by atoms with Gasteiger partial charge in [0.25, 0.3) is 0 Å². The van der Waals surface area contributed by atoms with Crippen molar-refractivity contribution in [2.45, 2.75) is 0 Å². The fourth-order valence-electron chi connectivity index (χ4n) is 2.51.